The van der Waals surface area contributed by atoms with Gasteiger partial charge in [0.1, 0.15) is 6.10 Å². The minimum absolute atomic E-state index is 0.0606. The molecule has 56 heavy (non-hydrogen) atoms. The van der Waals surface area contributed by atoms with Crippen LogP contribution in [0.25, 0.3) is 0 Å². The quantitative estimate of drug-likeness (QED) is 0.0248. The molecule has 3 unspecified atom stereocenters. The predicted molar refractivity (Wildman–Crippen MR) is 241 cm³/mol. The second-order valence-electron chi connectivity index (χ2n) is 16.2. The van der Waals surface area contributed by atoms with E-state index < -0.39 is 18.2 Å². The van der Waals surface area contributed by atoms with Crippen molar-refractivity contribution in [1.29, 1.82) is 0 Å². The molecule has 6 nitrogen and oxygen atoms in total. The highest BCUT2D eigenvalue weighted by Gasteiger charge is 2.24. The summed E-state index contributed by atoms with van der Waals surface area (Å²) in [7, 11) is 0. The summed E-state index contributed by atoms with van der Waals surface area (Å²) in [6, 6.07) is -0.708. The number of allylic oxidation sites excluding steroid dienone is 8. The number of aliphatic hydroxyl groups is 2. The highest BCUT2D eigenvalue weighted by Crippen LogP contribution is 2.17. The number of carbonyl (C=O) groups is 2. The Kier molecular flexibility index (Phi) is 42.2. The molecule has 0 aliphatic rings. The number of rotatable bonds is 42. The van der Waals surface area contributed by atoms with Crippen molar-refractivity contribution in [3.05, 3.63) is 48.6 Å². The molecule has 0 saturated heterocycles. The summed E-state index contributed by atoms with van der Waals surface area (Å²) >= 11 is 0. The van der Waals surface area contributed by atoms with Crippen LogP contribution in [-0.2, 0) is 14.3 Å². The Bertz CT molecular complexity index is 972. The third-order valence-corrected chi connectivity index (χ3v) is 10.7. The minimum atomic E-state index is -0.793. The zero-order valence-corrected chi connectivity index (χ0v) is 37.0. The van der Waals surface area contributed by atoms with Crippen LogP contribution in [0.2, 0.25) is 0 Å². The molecule has 326 valence electrons. The number of hydrogen-bond acceptors (Lipinski definition) is 5. The third kappa shape index (κ3) is 38.7. The Hall–Kier alpha value is -2.18. The maximum absolute atomic E-state index is 13.1. The molecule has 0 spiro atoms. The normalized spacial score (nSPS) is 13.7. The maximum Gasteiger partial charge on any atom is 0.306 e. The van der Waals surface area contributed by atoms with Gasteiger partial charge in [-0.1, -0.05) is 204 Å². The Morgan fingerprint density at radius 3 is 1.57 bits per heavy atom. The Morgan fingerprint density at radius 2 is 1.02 bits per heavy atom. The van der Waals surface area contributed by atoms with E-state index in [0.717, 1.165) is 96.3 Å². The molecule has 0 aromatic carbocycles. The van der Waals surface area contributed by atoms with Gasteiger partial charge in [-0.3, -0.25) is 9.59 Å². The van der Waals surface area contributed by atoms with E-state index in [9.17, 15) is 19.8 Å². The fraction of sp³-hybridized carbons (Fsp3) is 0.800. The van der Waals surface area contributed by atoms with Gasteiger partial charge < -0.3 is 20.3 Å². The van der Waals surface area contributed by atoms with Gasteiger partial charge >= 0.3 is 5.97 Å². The highest BCUT2D eigenvalue weighted by molar-refractivity contribution is 5.77. The topological polar surface area (TPSA) is 95.9 Å². The first-order valence-corrected chi connectivity index (χ1v) is 23.9. The summed E-state index contributed by atoms with van der Waals surface area (Å²) in [6.45, 7) is 6.28. The highest BCUT2D eigenvalue weighted by atomic mass is 16.5. The zero-order chi connectivity index (χ0) is 41.0. The summed E-state index contributed by atoms with van der Waals surface area (Å²) < 4.78 is 5.89. The lowest BCUT2D eigenvalue weighted by molar-refractivity contribution is -0.151. The summed E-state index contributed by atoms with van der Waals surface area (Å²) in [6.07, 6.45) is 51.7. The maximum atomic E-state index is 13.1. The summed E-state index contributed by atoms with van der Waals surface area (Å²) in [5.41, 5.74) is 0. The molecule has 0 radical (unpaired) electrons. The average Bonchev–Trinajstić information content (AvgIpc) is 3.19. The monoisotopic (exact) mass is 786 g/mol. The molecule has 3 N–H and O–H groups in total. The number of aliphatic hydroxyl groups excluding tert-OH is 2. The van der Waals surface area contributed by atoms with Gasteiger partial charge in [0.05, 0.1) is 25.2 Å². The molecular formula is C50H91NO5. The van der Waals surface area contributed by atoms with Crippen molar-refractivity contribution in [1.82, 2.24) is 5.32 Å². The number of esters is 1. The van der Waals surface area contributed by atoms with Gasteiger partial charge in [-0.05, 0) is 64.2 Å². The molecule has 0 rings (SSSR count). The zero-order valence-electron chi connectivity index (χ0n) is 37.0. The number of amides is 1. The molecule has 0 bridgehead atoms. The number of unbranched alkanes of at least 4 members (excludes halogenated alkanes) is 24. The standard InChI is InChI=1S/C50H91NO5/c1-4-7-10-13-16-19-22-24-26-28-30-33-36-39-42-48(53)47(45-52)51-49(54)44-46(41-38-35-32-29-27-25-23-20-17-14-11-8-5-2)56-50(55)43-40-37-34-31-21-18-15-12-9-6-3/h8,11-12,14-15,17,20,23,46-48,52-53H,4-7,9-10,13,16,18-19,21-22,24-45H2,1-3H3,(H,51,54)/b11-8+,15-12-,17-14+,23-20+. The van der Waals surface area contributed by atoms with Crippen molar-refractivity contribution in [2.75, 3.05) is 6.61 Å². The summed E-state index contributed by atoms with van der Waals surface area (Å²) in [4.78, 5) is 26.0. The molecule has 0 aliphatic heterocycles. The van der Waals surface area contributed by atoms with Crippen LogP contribution in [0.3, 0.4) is 0 Å². The first-order valence-electron chi connectivity index (χ1n) is 23.9. The van der Waals surface area contributed by atoms with Gasteiger partial charge in [-0.25, -0.2) is 0 Å². The van der Waals surface area contributed by atoms with E-state index in [1.807, 2.05) is 0 Å². The molecule has 0 saturated carbocycles. The number of carbonyl (C=O) groups excluding carboxylic acids is 2. The van der Waals surface area contributed by atoms with Gasteiger partial charge in [-0.15, -0.1) is 0 Å². The van der Waals surface area contributed by atoms with Gasteiger partial charge in [0.25, 0.3) is 0 Å². The van der Waals surface area contributed by atoms with E-state index in [2.05, 4.69) is 74.7 Å². The summed E-state index contributed by atoms with van der Waals surface area (Å²) in [5.74, 6) is -0.506. The van der Waals surface area contributed by atoms with Crippen molar-refractivity contribution < 1.29 is 24.5 Å². The number of nitrogens with one attached hydrogen (secondary N) is 1. The largest absolute Gasteiger partial charge is 0.462 e. The van der Waals surface area contributed by atoms with Crippen LogP contribution < -0.4 is 5.32 Å². The lowest BCUT2D eigenvalue weighted by atomic mass is 10.0. The van der Waals surface area contributed by atoms with Crippen LogP contribution in [0, 0.1) is 0 Å². The van der Waals surface area contributed by atoms with Crippen molar-refractivity contribution in [3.8, 4) is 0 Å². The predicted octanol–water partition coefficient (Wildman–Crippen LogP) is 13.9. The van der Waals surface area contributed by atoms with Crippen LogP contribution in [0.15, 0.2) is 48.6 Å². The van der Waals surface area contributed by atoms with E-state index in [0.29, 0.717) is 19.3 Å². The number of ether oxygens (including phenoxy) is 1. The summed E-state index contributed by atoms with van der Waals surface area (Å²) in [5, 5.41) is 23.7. The Balaban J connectivity index is 4.58. The fourth-order valence-electron chi connectivity index (χ4n) is 7.08. The van der Waals surface area contributed by atoms with E-state index in [1.165, 1.54) is 89.9 Å². The molecule has 0 aromatic heterocycles. The second-order valence-corrected chi connectivity index (χ2v) is 16.2. The van der Waals surface area contributed by atoms with Gasteiger partial charge in [0, 0.05) is 6.42 Å². The van der Waals surface area contributed by atoms with Crippen LogP contribution in [0.1, 0.15) is 233 Å². The average molecular weight is 786 g/mol. The SMILES string of the molecule is CC/C=C/C=C/C=C/CCCCCCCC(CC(=O)NC(CO)C(O)CCCCCCCCCCCCCCCC)OC(=O)CCCCCCC/C=C\CCC. The van der Waals surface area contributed by atoms with Crippen LogP contribution in [-0.4, -0.2) is 46.9 Å². The second kappa shape index (κ2) is 43.9. The van der Waals surface area contributed by atoms with Crippen molar-refractivity contribution in [2.24, 2.45) is 0 Å². The first-order chi connectivity index (χ1) is 27.5. The molecule has 0 fully saturated rings. The van der Waals surface area contributed by atoms with Gasteiger partial charge in [0.2, 0.25) is 5.91 Å². The minimum Gasteiger partial charge on any atom is -0.462 e. The van der Waals surface area contributed by atoms with Crippen molar-refractivity contribution >= 4 is 11.9 Å². The third-order valence-electron chi connectivity index (χ3n) is 10.7. The molecular weight excluding hydrogens is 695 g/mol. The lowest BCUT2D eigenvalue weighted by Gasteiger charge is -2.24. The molecule has 1 amide bonds. The van der Waals surface area contributed by atoms with Crippen molar-refractivity contribution in [2.45, 2.75) is 251 Å². The molecule has 3 atom stereocenters. The molecule has 0 aromatic rings. The first kappa shape index (κ1) is 53.8. The van der Waals surface area contributed by atoms with E-state index in [1.54, 1.807) is 0 Å². The van der Waals surface area contributed by atoms with E-state index >= 15 is 0 Å². The molecule has 0 aliphatic carbocycles. The van der Waals surface area contributed by atoms with Gasteiger partial charge in [0.15, 0.2) is 0 Å². The van der Waals surface area contributed by atoms with Crippen LogP contribution in [0.5, 0.6) is 0 Å². The smallest absolute Gasteiger partial charge is 0.306 e. The lowest BCUT2D eigenvalue weighted by Crippen LogP contribution is -2.46. The van der Waals surface area contributed by atoms with Gasteiger partial charge in [-0.2, -0.15) is 0 Å². The van der Waals surface area contributed by atoms with Crippen LogP contribution in [0.4, 0.5) is 0 Å². The Morgan fingerprint density at radius 1 is 0.536 bits per heavy atom. The van der Waals surface area contributed by atoms with E-state index in [4.69, 9.17) is 4.74 Å². The fourth-order valence-corrected chi connectivity index (χ4v) is 7.08. The van der Waals surface area contributed by atoms with E-state index in [-0.39, 0.29) is 24.9 Å². The number of hydrogen-bond donors (Lipinski definition) is 3. The molecule has 0 heterocycles. The van der Waals surface area contributed by atoms with Crippen molar-refractivity contribution in [3.63, 3.8) is 0 Å². The Labute approximate surface area is 346 Å². The molecule has 6 heteroatoms. The van der Waals surface area contributed by atoms with Crippen LogP contribution >= 0.6 is 0 Å².